The molecular formula is C21H22N6O. The Morgan fingerprint density at radius 1 is 1.00 bits per heavy atom. The number of imidazole rings is 1. The van der Waals surface area contributed by atoms with Crippen molar-refractivity contribution in [2.45, 2.75) is 19.6 Å². The zero-order valence-corrected chi connectivity index (χ0v) is 15.7. The first-order valence-electron chi connectivity index (χ1n) is 9.08. The molecule has 0 radical (unpaired) electrons. The number of hydrogen-bond donors (Lipinski definition) is 1. The molecule has 7 nitrogen and oxygen atoms in total. The van der Waals surface area contributed by atoms with Gasteiger partial charge in [0.2, 0.25) is 0 Å². The number of nitrogens with zero attached hydrogens (tertiary/aromatic N) is 5. The van der Waals surface area contributed by atoms with Crippen molar-refractivity contribution in [3.05, 3.63) is 90.5 Å². The molecule has 2 aromatic heterocycles. The largest absolute Gasteiger partial charge is 0.496 e. The van der Waals surface area contributed by atoms with Gasteiger partial charge in [-0.05, 0) is 29.3 Å². The molecule has 0 aliphatic carbocycles. The molecule has 28 heavy (non-hydrogen) atoms. The van der Waals surface area contributed by atoms with Crippen LogP contribution >= 0.6 is 0 Å². The van der Waals surface area contributed by atoms with Crippen LogP contribution in [0.2, 0.25) is 0 Å². The minimum atomic E-state index is 0.625. The second-order valence-electron chi connectivity index (χ2n) is 6.44. The molecule has 0 aliphatic rings. The second-order valence-corrected chi connectivity index (χ2v) is 6.44. The number of ether oxygens (including phenoxy) is 1. The molecule has 2 aromatic carbocycles. The molecule has 0 unspecified atom stereocenters. The maximum atomic E-state index is 5.49. The Balaban J connectivity index is 1.44. The van der Waals surface area contributed by atoms with Crippen LogP contribution in [-0.2, 0) is 19.6 Å². The van der Waals surface area contributed by atoms with Crippen LogP contribution in [0.15, 0.2) is 73.8 Å². The van der Waals surface area contributed by atoms with Crippen molar-refractivity contribution in [3.8, 4) is 11.4 Å². The molecule has 0 bridgehead atoms. The Morgan fingerprint density at radius 2 is 1.93 bits per heavy atom. The predicted octanol–water partition coefficient (Wildman–Crippen LogP) is 2.81. The van der Waals surface area contributed by atoms with Crippen LogP contribution in [0.3, 0.4) is 0 Å². The van der Waals surface area contributed by atoms with Crippen molar-refractivity contribution >= 4 is 0 Å². The maximum Gasteiger partial charge on any atom is 0.137 e. The first-order valence-corrected chi connectivity index (χ1v) is 9.08. The average Bonchev–Trinajstić information content (AvgIpc) is 3.43. The summed E-state index contributed by atoms with van der Waals surface area (Å²) in [4.78, 5) is 8.14. The molecule has 0 saturated carbocycles. The lowest BCUT2D eigenvalue weighted by atomic mass is 10.1. The Hall–Kier alpha value is -3.45. The van der Waals surface area contributed by atoms with E-state index in [-0.39, 0.29) is 0 Å². The number of benzene rings is 2. The Morgan fingerprint density at radius 3 is 2.71 bits per heavy atom. The van der Waals surface area contributed by atoms with Gasteiger partial charge in [0.15, 0.2) is 0 Å². The van der Waals surface area contributed by atoms with Gasteiger partial charge in [-0.25, -0.2) is 14.6 Å². The SMILES string of the molecule is COc1ccc(CNCc2ccccc2-n2ccnc2)cc1Cn1cncn1. The summed E-state index contributed by atoms with van der Waals surface area (Å²) in [5.74, 6) is 0.852. The van der Waals surface area contributed by atoms with Gasteiger partial charge in [0.1, 0.15) is 18.4 Å². The van der Waals surface area contributed by atoms with Crippen molar-refractivity contribution in [3.63, 3.8) is 0 Å². The first kappa shape index (κ1) is 17.9. The molecule has 0 amide bonds. The van der Waals surface area contributed by atoms with Gasteiger partial charge in [0, 0.05) is 31.0 Å². The van der Waals surface area contributed by atoms with E-state index in [4.69, 9.17) is 4.74 Å². The fourth-order valence-corrected chi connectivity index (χ4v) is 3.21. The molecule has 4 aromatic rings. The normalized spacial score (nSPS) is 10.9. The van der Waals surface area contributed by atoms with E-state index in [1.54, 1.807) is 24.3 Å². The average molecular weight is 374 g/mol. The summed E-state index contributed by atoms with van der Waals surface area (Å²) < 4.78 is 9.31. The number of rotatable bonds is 8. The Kier molecular flexibility index (Phi) is 5.44. The third-order valence-electron chi connectivity index (χ3n) is 4.56. The molecule has 0 spiro atoms. The zero-order valence-electron chi connectivity index (χ0n) is 15.7. The van der Waals surface area contributed by atoms with E-state index in [1.807, 2.05) is 29.2 Å². The molecule has 0 fully saturated rings. The lowest BCUT2D eigenvalue weighted by Crippen LogP contribution is -2.15. The van der Waals surface area contributed by atoms with Gasteiger partial charge < -0.3 is 14.6 Å². The Labute approximate surface area is 163 Å². The van der Waals surface area contributed by atoms with E-state index in [2.05, 4.69) is 50.7 Å². The van der Waals surface area contributed by atoms with E-state index in [0.29, 0.717) is 6.54 Å². The fourth-order valence-electron chi connectivity index (χ4n) is 3.21. The molecule has 1 N–H and O–H groups in total. The molecule has 4 rings (SSSR count). The third-order valence-corrected chi connectivity index (χ3v) is 4.56. The van der Waals surface area contributed by atoms with Gasteiger partial charge in [0.25, 0.3) is 0 Å². The molecule has 142 valence electrons. The van der Waals surface area contributed by atoms with Crippen molar-refractivity contribution in [1.82, 2.24) is 29.6 Å². The summed E-state index contributed by atoms with van der Waals surface area (Å²) >= 11 is 0. The number of nitrogens with one attached hydrogen (secondary N) is 1. The van der Waals surface area contributed by atoms with Gasteiger partial charge in [-0.1, -0.05) is 24.3 Å². The van der Waals surface area contributed by atoms with E-state index in [9.17, 15) is 0 Å². The minimum absolute atomic E-state index is 0.625. The van der Waals surface area contributed by atoms with Crippen molar-refractivity contribution in [2.24, 2.45) is 0 Å². The van der Waals surface area contributed by atoms with Gasteiger partial charge >= 0.3 is 0 Å². The van der Waals surface area contributed by atoms with Crippen molar-refractivity contribution in [1.29, 1.82) is 0 Å². The van der Waals surface area contributed by atoms with Crippen molar-refractivity contribution < 1.29 is 4.74 Å². The number of hydrogen-bond acceptors (Lipinski definition) is 5. The monoisotopic (exact) mass is 374 g/mol. The number of aromatic nitrogens is 5. The van der Waals surface area contributed by atoms with E-state index < -0.39 is 0 Å². The highest BCUT2D eigenvalue weighted by Gasteiger charge is 2.07. The van der Waals surface area contributed by atoms with Gasteiger partial charge in [-0.2, -0.15) is 5.10 Å². The smallest absolute Gasteiger partial charge is 0.137 e. The zero-order chi connectivity index (χ0) is 19.2. The Bertz CT molecular complexity index is 1010. The summed E-state index contributed by atoms with van der Waals surface area (Å²) in [6.07, 6.45) is 8.81. The highest BCUT2D eigenvalue weighted by atomic mass is 16.5. The van der Waals surface area contributed by atoms with Crippen LogP contribution in [0.4, 0.5) is 0 Å². The number of methoxy groups -OCH3 is 1. The summed E-state index contributed by atoms with van der Waals surface area (Å²) in [6.45, 7) is 2.14. The lowest BCUT2D eigenvalue weighted by Gasteiger charge is -2.13. The summed E-state index contributed by atoms with van der Waals surface area (Å²) in [5, 5.41) is 7.71. The first-order chi connectivity index (χ1) is 13.8. The minimum Gasteiger partial charge on any atom is -0.496 e. The fraction of sp³-hybridized carbons (Fsp3) is 0.190. The topological polar surface area (TPSA) is 69.8 Å². The van der Waals surface area contributed by atoms with Gasteiger partial charge in [-0.15, -0.1) is 0 Å². The second kappa shape index (κ2) is 8.49. The molecule has 0 saturated heterocycles. The standard InChI is InChI=1S/C21H22N6O/c1-28-21-7-6-17(10-19(21)13-27-16-24-14-25-27)11-23-12-18-4-2-3-5-20(18)26-9-8-22-15-26/h2-10,14-16,23H,11-13H2,1H3. The van der Waals surface area contributed by atoms with E-state index in [1.165, 1.54) is 17.5 Å². The lowest BCUT2D eigenvalue weighted by molar-refractivity contribution is 0.407. The van der Waals surface area contributed by atoms with Crippen LogP contribution < -0.4 is 10.1 Å². The predicted molar refractivity (Wildman–Crippen MR) is 106 cm³/mol. The van der Waals surface area contributed by atoms with E-state index in [0.717, 1.165) is 30.1 Å². The van der Waals surface area contributed by atoms with Gasteiger partial charge in [-0.3, -0.25) is 0 Å². The van der Waals surface area contributed by atoms with Crippen LogP contribution in [0.5, 0.6) is 5.75 Å². The molecule has 0 aliphatic heterocycles. The summed E-state index contributed by atoms with van der Waals surface area (Å²) in [6, 6.07) is 14.6. The molecule has 7 heteroatoms. The van der Waals surface area contributed by atoms with Crippen LogP contribution in [0.1, 0.15) is 16.7 Å². The van der Waals surface area contributed by atoms with Gasteiger partial charge in [0.05, 0.1) is 25.7 Å². The van der Waals surface area contributed by atoms with Crippen LogP contribution in [-0.4, -0.2) is 31.4 Å². The highest BCUT2D eigenvalue weighted by Crippen LogP contribution is 2.21. The van der Waals surface area contributed by atoms with Crippen molar-refractivity contribution in [2.75, 3.05) is 7.11 Å². The maximum absolute atomic E-state index is 5.49. The summed E-state index contributed by atoms with van der Waals surface area (Å²) in [5.41, 5.74) is 4.62. The van der Waals surface area contributed by atoms with Crippen LogP contribution in [0, 0.1) is 0 Å². The number of para-hydroxylation sites is 1. The van der Waals surface area contributed by atoms with Crippen LogP contribution in [0.25, 0.3) is 5.69 Å². The quantitative estimate of drug-likeness (QED) is 0.514. The summed E-state index contributed by atoms with van der Waals surface area (Å²) in [7, 11) is 1.69. The molecule has 0 atom stereocenters. The molecular weight excluding hydrogens is 352 g/mol. The third kappa shape index (κ3) is 4.10. The highest BCUT2D eigenvalue weighted by molar-refractivity contribution is 5.41. The molecule has 2 heterocycles. The van der Waals surface area contributed by atoms with E-state index >= 15 is 0 Å².